The quantitative estimate of drug-likeness (QED) is 0.476. The lowest BCUT2D eigenvalue weighted by Crippen LogP contribution is -2.17. The van der Waals surface area contributed by atoms with Crippen LogP contribution in [0.1, 0.15) is 0 Å². The summed E-state index contributed by atoms with van der Waals surface area (Å²) in [5.74, 6) is 0.894. The zero-order chi connectivity index (χ0) is 6.81. The maximum Gasteiger partial charge on any atom is 0.0348 e. The topological polar surface area (TPSA) is 24.7 Å². The third-order valence-electron chi connectivity index (χ3n) is 1.77. The second-order valence-electron chi connectivity index (χ2n) is 2.45. The van der Waals surface area contributed by atoms with Gasteiger partial charge in [0.05, 0.1) is 0 Å². The Kier molecular flexibility index (Phi) is 1.24. The summed E-state index contributed by atoms with van der Waals surface area (Å²) in [5.41, 5.74) is 0. The normalized spacial score (nSPS) is 34.4. The van der Waals surface area contributed by atoms with E-state index in [0.717, 1.165) is 0 Å². The Morgan fingerprint density at radius 1 is 0.800 bits per heavy atom. The van der Waals surface area contributed by atoms with Gasteiger partial charge < -0.3 is 0 Å². The summed E-state index contributed by atoms with van der Waals surface area (Å²) in [6.45, 7) is 0. The van der Waals surface area contributed by atoms with E-state index in [0.29, 0.717) is 11.8 Å². The molecular formula is C8H8N2. The van der Waals surface area contributed by atoms with Crippen LogP contribution in [0.5, 0.6) is 0 Å². The minimum Gasteiger partial charge on any atom is -0.163 e. The van der Waals surface area contributed by atoms with Gasteiger partial charge in [0.1, 0.15) is 0 Å². The van der Waals surface area contributed by atoms with E-state index >= 15 is 0 Å². The summed E-state index contributed by atoms with van der Waals surface area (Å²) in [7, 11) is 0. The second-order valence-corrected chi connectivity index (χ2v) is 2.45. The van der Waals surface area contributed by atoms with Gasteiger partial charge in [-0.2, -0.15) is 10.2 Å². The van der Waals surface area contributed by atoms with Crippen molar-refractivity contribution in [2.75, 3.05) is 0 Å². The molecule has 0 N–H and O–H groups in total. The van der Waals surface area contributed by atoms with Crippen molar-refractivity contribution in [3.63, 3.8) is 0 Å². The molecule has 2 rings (SSSR count). The number of nitrogens with zero attached hydrogens (tertiary/aromatic N) is 2. The number of rotatable bonds is 0. The summed E-state index contributed by atoms with van der Waals surface area (Å²) < 4.78 is 0. The Morgan fingerprint density at radius 3 is 1.80 bits per heavy atom. The van der Waals surface area contributed by atoms with Crippen LogP contribution in [-0.4, -0.2) is 12.4 Å². The lowest BCUT2D eigenvalue weighted by molar-refractivity contribution is 0.748. The molecule has 0 saturated carbocycles. The highest BCUT2D eigenvalue weighted by Gasteiger charge is 2.16. The lowest BCUT2D eigenvalue weighted by Gasteiger charge is -2.17. The van der Waals surface area contributed by atoms with Gasteiger partial charge in [0.25, 0.3) is 0 Å². The van der Waals surface area contributed by atoms with Crippen molar-refractivity contribution < 1.29 is 0 Å². The van der Waals surface area contributed by atoms with Crippen LogP contribution in [0.25, 0.3) is 0 Å². The zero-order valence-electron chi connectivity index (χ0n) is 5.51. The molecule has 2 nitrogen and oxygen atoms in total. The minimum atomic E-state index is 0.447. The Bertz CT molecular complexity index is 186. The average molecular weight is 132 g/mol. The monoisotopic (exact) mass is 132 g/mol. The molecule has 2 heteroatoms. The van der Waals surface area contributed by atoms with Gasteiger partial charge in [0, 0.05) is 24.3 Å². The molecule has 50 valence electrons. The molecule has 2 atom stereocenters. The van der Waals surface area contributed by atoms with Crippen molar-refractivity contribution >= 4 is 12.4 Å². The first-order chi connectivity index (χ1) is 4.97. The molecule has 1 heterocycles. The van der Waals surface area contributed by atoms with Crippen molar-refractivity contribution in [2.24, 2.45) is 22.0 Å². The highest BCUT2D eigenvalue weighted by atomic mass is 15.2. The van der Waals surface area contributed by atoms with Gasteiger partial charge in [-0.15, -0.1) is 0 Å². The van der Waals surface area contributed by atoms with Crippen LogP contribution in [0.3, 0.4) is 0 Å². The standard InChI is InChI=1S/C8H8N2/c1-2-4-8-6-10-9-5-7(8)3-1/h1-8H. The largest absolute Gasteiger partial charge is 0.163 e. The summed E-state index contributed by atoms with van der Waals surface area (Å²) in [4.78, 5) is 0. The molecule has 1 aliphatic heterocycles. The van der Waals surface area contributed by atoms with Crippen LogP contribution in [0.2, 0.25) is 0 Å². The average Bonchev–Trinajstić information content (AvgIpc) is 2.05. The van der Waals surface area contributed by atoms with Crippen molar-refractivity contribution in [3.05, 3.63) is 24.3 Å². The first-order valence-corrected chi connectivity index (χ1v) is 3.38. The maximum atomic E-state index is 3.82. The molecule has 0 aromatic heterocycles. The predicted molar refractivity (Wildman–Crippen MR) is 42.2 cm³/mol. The minimum absolute atomic E-state index is 0.447. The number of allylic oxidation sites excluding steroid dienone is 4. The van der Waals surface area contributed by atoms with E-state index in [9.17, 15) is 0 Å². The van der Waals surface area contributed by atoms with Crippen LogP contribution < -0.4 is 0 Å². The summed E-state index contributed by atoms with van der Waals surface area (Å²) in [6, 6.07) is 0. The highest BCUT2D eigenvalue weighted by molar-refractivity contribution is 5.78. The first kappa shape index (κ1) is 5.59. The summed E-state index contributed by atoms with van der Waals surface area (Å²) >= 11 is 0. The van der Waals surface area contributed by atoms with E-state index in [1.165, 1.54) is 0 Å². The molecule has 0 fully saturated rings. The molecular weight excluding hydrogens is 124 g/mol. The molecule has 2 unspecified atom stereocenters. The summed E-state index contributed by atoms with van der Waals surface area (Å²) in [5, 5.41) is 7.64. The predicted octanol–water partition coefficient (Wildman–Crippen LogP) is 1.42. The molecule has 2 aliphatic rings. The van der Waals surface area contributed by atoms with Gasteiger partial charge in [-0.25, -0.2) is 0 Å². The molecule has 0 aromatic rings. The lowest BCUT2D eigenvalue weighted by atomic mass is 9.90. The van der Waals surface area contributed by atoms with Gasteiger partial charge in [-0.3, -0.25) is 0 Å². The maximum absolute atomic E-state index is 3.82. The SMILES string of the molecule is C1=CC2C=NN=CC2C=C1. The van der Waals surface area contributed by atoms with E-state index in [1.807, 2.05) is 24.6 Å². The van der Waals surface area contributed by atoms with E-state index in [2.05, 4.69) is 22.4 Å². The smallest absolute Gasteiger partial charge is 0.0348 e. The Hall–Kier alpha value is -1.18. The summed E-state index contributed by atoms with van der Waals surface area (Å²) in [6.07, 6.45) is 12.1. The highest BCUT2D eigenvalue weighted by Crippen LogP contribution is 2.18. The van der Waals surface area contributed by atoms with Gasteiger partial charge in [0.15, 0.2) is 0 Å². The van der Waals surface area contributed by atoms with Crippen LogP contribution in [0.15, 0.2) is 34.5 Å². The van der Waals surface area contributed by atoms with Gasteiger partial charge in [0.2, 0.25) is 0 Å². The molecule has 10 heavy (non-hydrogen) atoms. The van der Waals surface area contributed by atoms with Crippen molar-refractivity contribution in [3.8, 4) is 0 Å². The van der Waals surface area contributed by atoms with Gasteiger partial charge in [-0.1, -0.05) is 24.3 Å². The third kappa shape index (κ3) is 0.817. The number of hydrogen-bond donors (Lipinski definition) is 0. The van der Waals surface area contributed by atoms with Gasteiger partial charge >= 0.3 is 0 Å². The number of fused-ring (bicyclic) bond motifs is 1. The molecule has 0 radical (unpaired) electrons. The second kappa shape index (κ2) is 2.21. The van der Waals surface area contributed by atoms with Crippen LogP contribution in [0.4, 0.5) is 0 Å². The van der Waals surface area contributed by atoms with Crippen molar-refractivity contribution in [2.45, 2.75) is 0 Å². The molecule has 0 saturated heterocycles. The van der Waals surface area contributed by atoms with E-state index in [4.69, 9.17) is 0 Å². The zero-order valence-corrected chi connectivity index (χ0v) is 5.51. The van der Waals surface area contributed by atoms with E-state index in [1.54, 1.807) is 0 Å². The third-order valence-corrected chi connectivity index (χ3v) is 1.77. The van der Waals surface area contributed by atoms with Crippen molar-refractivity contribution in [1.29, 1.82) is 0 Å². The fraction of sp³-hybridized carbons (Fsp3) is 0.250. The fourth-order valence-electron chi connectivity index (χ4n) is 1.17. The molecule has 1 aliphatic carbocycles. The Labute approximate surface area is 59.7 Å². The molecule has 0 amide bonds. The van der Waals surface area contributed by atoms with Crippen LogP contribution in [-0.2, 0) is 0 Å². The van der Waals surface area contributed by atoms with Crippen LogP contribution >= 0.6 is 0 Å². The molecule has 0 spiro atoms. The van der Waals surface area contributed by atoms with Gasteiger partial charge in [-0.05, 0) is 0 Å². The fourth-order valence-corrected chi connectivity index (χ4v) is 1.17. The van der Waals surface area contributed by atoms with Crippen LogP contribution in [0, 0.1) is 11.8 Å². The van der Waals surface area contributed by atoms with E-state index < -0.39 is 0 Å². The molecule has 0 bridgehead atoms. The van der Waals surface area contributed by atoms with Crippen molar-refractivity contribution in [1.82, 2.24) is 0 Å². The van der Waals surface area contributed by atoms with E-state index in [-0.39, 0.29) is 0 Å². The first-order valence-electron chi connectivity index (χ1n) is 3.38. The molecule has 0 aromatic carbocycles. The Morgan fingerprint density at radius 2 is 1.30 bits per heavy atom. The Balaban J connectivity index is 2.28. The number of hydrogen-bond acceptors (Lipinski definition) is 2.